The molecule has 2 aromatic heterocycles. The third-order valence-corrected chi connectivity index (χ3v) is 5.87. The first-order valence-electron chi connectivity index (χ1n) is 8.28. The number of hydrogen-bond acceptors (Lipinski definition) is 6. The van der Waals surface area contributed by atoms with E-state index in [1.165, 1.54) is 0 Å². The number of carbonyl (C=O) groups excluding carboxylic acids is 1. The van der Waals surface area contributed by atoms with Gasteiger partial charge in [-0.05, 0) is 12.1 Å². The molecule has 0 aliphatic heterocycles. The highest BCUT2D eigenvalue weighted by Crippen LogP contribution is 2.24. The van der Waals surface area contributed by atoms with Crippen molar-refractivity contribution in [1.29, 1.82) is 0 Å². The first kappa shape index (κ1) is 16.9. The Bertz CT molecular complexity index is 991. The molecule has 130 valence electrons. The number of rotatable bonds is 6. The van der Waals surface area contributed by atoms with Crippen LogP contribution in [0.3, 0.4) is 0 Å². The summed E-state index contributed by atoms with van der Waals surface area (Å²) in [6.45, 7) is 0.210. The van der Waals surface area contributed by atoms with Gasteiger partial charge in [-0.2, -0.15) is 0 Å². The zero-order chi connectivity index (χ0) is 17.8. The molecule has 0 aliphatic rings. The highest BCUT2D eigenvalue weighted by molar-refractivity contribution is 7.18. The first-order chi connectivity index (χ1) is 12.8. The maximum absolute atomic E-state index is 12.0. The molecule has 0 saturated heterocycles. The number of benzene rings is 2. The van der Waals surface area contributed by atoms with Crippen LogP contribution in [-0.2, 0) is 22.6 Å². The summed E-state index contributed by atoms with van der Waals surface area (Å²) in [6, 6.07) is 18.0. The Hall–Kier alpha value is -2.57. The van der Waals surface area contributed by atoms with Gasteiger partial charge in [0.1, 0.15) is 11.6 Å². The molecular weight excluding hydrogens is 364 g/mol. The molecule has 0 atom stereocenters. The zero-order valence-electron chi connectivity index (χ0n) is 13.9. The van der Waals surface area contributed by atoms with Crippen molar-refractivity contribution in [2.75, 3.05) is 0 Å². The van der Waals surface area contributed by atoms with E-state index in [1.54, 1.807) is 22.7 Å². The Morgan fingerprint density at radius 2 is 1.81 bits per heavy atom. The van der Waals surface area contributed by atoms with Gasteiger partial charge in [0.15, 0.2) is 0 Å². The second-order valence-electron chi connectivity index (χ2n) is 5.75. The van der Waals surface area contributed by atoms with Crippen LogP contribution in [0.2, 0.25) is 0 Å². The van der Waals surface area contributed by atoms with Gasteiger partial charge in [-0.15, -0.1) is 22.7 Å². The van der Waals surface area contributed by atoms with Gasteiger partial charge in [0.2, 0.25) is 0 Å². The number of aromatic nitrogens is 2. The molecule has 4 aromatic rings. The molecule has 0 radical (unpaired) electrons. The quantitative estimate of drug-likeness (QED) is 0.437. The van der Waals surface area contributed by atoms with E-state index in [2.05, 4.69) is 9.97 Å². The molecule has 0 amide bonds. The summed E-state index contributed by atoms with van der Waals surface area (Å²) in [5.41, 5.74) is 2.84. The van der Waals surface area contributed by atoms with Crippen molar-refractivity contribution < 1.29 is 9.53 Å². The van der Waals surface area contributed by atoms with Crippen LogP contribution in [0.25, 0.3) is 20.8 Å². The molecule has 0 bridgehead atoms. The van der Waals surface area contributed by atoms with Gasteiger partial charge in [-0.1, -0.05) is 42.5 Å². The molecule has 0 saturated carbocycles. The fourth-order valence-electron chi connectivity index (χ4n) is 2.55. The normalized spacial score (nSPS) is 10.9. The minimum atomic E-state index is -0.224. The fourth-order valence-corrected chi connectivity index (χ4v) is 4.33. The lowest BCUT2D eigenvalue weighted by Crippen LogP contribution is -2.06. The molecule has 4 nitrogen and oxygen atoms in total. The van der Waals surface area contributed by atoms with Crippen molar-refractivity contribution in [3.8, 4) is 10.6 Å². The molecule has 2 aromatic carbocycles. The molecule has 26 heavy (non-hydrogen) atoms. The summed E-state index contributed by atoms with van der Waals surface area (Å²) < 4.78 is 6.50. The minimum absolute atomic E-state index is 0.210. The summed E-state index contributed by atoms with van der Waals surface area (Å²) in [5, 5.41) is 3.83. The Labute approximate surface area is 159 Å². The smallest absolute Gasteiger partial charge is 0.306 e. The SMILES string of the molecule is O=C(CCc1nc2ccccc2s1)OCc1csc(-c2ccccc2)n1. The van der Waals surface area contributed by atoms with E-state index >= 15 is 0 Å². The Morgan fingerprint density at radius 1 is 1.00 bits per heavy atom. The van der Waals surface area contributed by atoms with Crippen LogP contribution < -0.4 is 0 Å². The van der Waals surface area contributed by atoms with Gasteiger partial charge in [0.25, 0.3) is 0 Å². The van der Waals surface area contributed by atoms with Crippen molar-refractivity contribution in [3.63, 3.8) is 0 Å². The average molecular weight is 380 g/mol. The predicted molar refractivity (Wildman–Crippen MR) is 105 cm³/mol. The van der Waals surface area contributed by atoms with Gasteiger partial charge < -0.3 is 4.74 Å². The summed E-state index contributed by atoms with van der Waals surface area (Å²) in [5.74, 6) is -0.224. The van der Waals surface area contributed by atoms with Gasteiger partial charge >= 0.3 is 5.97 Å². The average Bonchev–Trinajstić information content (AvgIpc) is 3.32. The largest absolute Gasteiger partial charge is 0.459 e. The van der Waals surface area contributed by atoms with Crippen molar-refractivity contribution in [1.82, 2.24) is 9.97 Å². The number of aryl methyl sites for hydroxylation is 1. The van der Waals surface area contributed by atoms with E-state index < -0.39 is 0 Å². The van der Waals surface area contributed by atoms with Crippen LogP contribution in [0.5, 0.6) is 0 Å². The summed E-state index contributed by atoms with van der Waals surface area (Å²) in [4.78, 5) is 21.1. The Balaban J connectivity index is 1.29. The van der Waals surface area contributed by atoms with Gasteiger partial charge in [-0.25, -0.2) is 9.97 Å². The highest BCUT2D eigenvalue weighted by atomic mass is 32.1. The minimum Gasteiger partial charge on any atom is -0.459 e. The van der Waals surface area contributed by atoms with E-state index in [1.807, 2.05) is 60.0 Å². The summed E-state index contributed by atoms with van der Waals surface area (Å²) >= 11 is 3.18. The summed E-state index contributed by atoms with van der Waals surface area (Å²) in [6.07, 6.45) is 0.931. The molecule has 0 unspecified atom stereocenters. The van der Waals surface area contributed by atoms with Crippen LogP contribution in [0.15, 0.2) is 60.0 Å². The molecule has 0 spiro atoms. The van der Waals surface area contributed by atoms with Crippen molar-refractivity contribution >= 4 is 38.9 Å². The third kappa shape index (κ3) is 3.98. The Morgan fingerprint density at radius 3 is 2.65 bits per heavy atom. The van der Waals surface area contributed by atoms with Crippen LogP contribution in [0.1, 0.15) is 17.1 Å². The highest BCUT2D eigenvalue weighted by Gasteiger charge is 2.10. The van der Waals surface area contributed by atoms with E-state index in [-0.39, 0.29) is 12.6 Å². The van der Waals surface area contributed by atoms with Crippen LogP contribution in [0.4, 0.5) is 0 Å². The molecule has 4 rings (SSSR count). The molecule has 0 N–H and O–H groups in total. The number of ether oxygens (including phenoxy) is 1. The Kier molecular flexibility index (Phi) is 5.04. The number of thiazole rings is 2. The number of carbonyl (C=O) groups is 1. The van der Waals surface area contributed by atoms with Crippen LogP contribution in [-0.4, -0.2) is 15.9 Å². The maximum atomic E-state index is 12.0. The molecule has 0 fully saturated rings. The number of esters is 1. The predicted octanol–water partition coefficient (Wildman–Crippen LogP) is 5.10. The van der Waals surface area contributed by atoms with Crippen molar-refractivity contribution in [2.45, 2.75) is 19.4 Å². The molecule has 0 aliphatic carbocycles. The summed E-state index contributed by atoms with van der Waals surface area (Å²) in [7, 11) is 0. The van der Waals surface area contributed by atoms with E-state index in [9.17, 15) is 4.79 Å². The number of nitrogens with zero attached hydrogens (tertiary/aromatic N) is 2. The van der Waals surface area contributed by atoms with E-state index in [0.29, 0.717) is 12.8 Å². The standard InChI is InChI=1S/C20H16N2O2S2/c23-19(11-10-18-22-16-8-4-5-9-17(16)26-18)24-12-15-13-25-20(21-15)14-6-2-1-3-7-14/h1-9,13H,10-12H2. The van der Waals surface area contributed by atoms with Gasteiger partial charge in [-0.3, -0.25) is 4.79 Å². The van der Waals surface area contributed by atoms with E-state index in [0.717, 1.165) is 31.5 Å². The monoisotopic (exact) mass is 380 g/mol. The second-order valence-corrected chi connectivity index (χ2v) is 7.72. The van der Waals surface area contributed by atoms with Crippen molar-refractivity contribution in [3.05, 3.63) is 70.7 Å². The maximum Gasteiger partial charge on any atom is 0.306 e. The molecular formula is C20H16N2O2S2. The fraction of sp³-hybridized carbons (Fsp3) is 0.150. The van der Waals surface area contributed by atoms with Crippen LogP contribution in [0, 0.1) is 0 Å². The lowest BCUT2D eigenvalue weighted by molar-refractivity contribution is -0.145. The zero-order valence-corrected chi connectivity index (χ0v) is 15.6. The lowest BCUT2D eigenvalue weighted by Gasteiger charge is -2.01. The van der Waals surface area contributed by atoms with Crippen molar-refractivity contribution in [2.24, 2.45) is 0 Å². The van der Waals surface area contributed by atoms with E-state index in [4.69, 9.17) is 4.74 Å². The van der Waals surface area contributed by atoms with Gasteiger partial charge in [0.05, 0.1) is 27.3 Å². The molecule has 2 heterocycles. The number of hydrogen-bond donors (Lipinski definition) is 0. The topological polar surface area (TPSA) is 52.1 Å². The van der Waals surface area contributed by atoms with Crippen LogP contribution >= 0.6 is 22.7 Å². The van der Waals surface area contributed by atoms with Gasteiger partial charge in [0, 0.05) is 17.4 Å². The number of para-hydroxylation sites is 1. The second kappa shape index (κ2) is 7.76. The first-order valence-corrected chi connectivity index (χ1v) is 9.97. The lowest BCUT2D eigenvalue weighted by atomic mass is 10.2. The third-order valence-electron chi connectivity index (χ3n) is 3.83. The molecule has 6 heteroatoms. The number of fused-ring (bicyclic) bond motifs is 1.